The van der Waals surface area contributed by atoms with Crippen LogP contribution in [0.2, 0.25) is 0 Å². The molecule has 0 saturated carbocycles. The first-order valence-electron chi connectivity index (χ1n) is 29.4. The van der Waals surface area contributed by atoms with Gasteiger partial charge in [-0.3, -0.25) is 14.4 Å². The maximum absolute atomic E-state index is 12.9. The zero-order valence-corrected chi connectivity index (χ0v) is 45.6. The largest absolute Gasteiger partial charge is 0.462 e. The average Bonchev–Trinajstić information content (AvgIpc) is 3.35. The van der Waals surface area contributed by atoms with Gasteiger partial charge in [0.2, 0.25) is 0 Å². The van der Waals surface area contributed by atoms with Crippen LogP contribution in [0.15, 0.2) is 72.9 Å². The molecule has 0 aliphatic heterocycles. The van der Waals surface area contributed by atoms with Gasteiger partial charge < -0.3 is 14.2 Å². The molecule has 0 fully saturated rings. The molecule has 0 heterocycles. The Bertz CT molecular complexity index is 1290. The van der Waals surface area contributed by atoms with Gasteiger partial charge in [0, 0.05) is 19.3 Å². The van der Waals surface area contributed by atoms with Crippen molar-refractivity contribution < 1.29 is 28.6 Å². The smallest absolute Gasteiger partial charge is 0.306 e. The van der Waals surface area contributed by atoms with Gasteiger partial charge in [-0.2, -0.15) is 0 Å². The van der Waals surface area contributed by atoms with Crippen LogP contribution in [-0.2, 0) is 28.6 Å². The highest BCUT2D eigenvalue weighted by Gasteiger charge is 2.19. The van der Waals surface area contributed by atoms with Crippen molar-refractivity contribution in [2.75, 3.05) is 13.2 Å². The summed E-state index contributed by atoms with van der Waals surface area (Å²) in [6.07, 6.45) is 73.2. The second-order valence-electron chi connectivity index (χ2n) is 19.5. The maximum Gasteiger partial charge on any atom is 0.306 e. The summed E-state index contributed by atoms with van der Waals surface area (Å²) in [5.41, 5.74) is 0. The average molecular weight is 964 g/mol. The van der Waals surface area contributed by atoms with Crippen molar-refractivity contribution in [3.63, 3.8) is 0 Å². The zero-order chi connectivity index (χ0) is 50.0. The fourth-order valence-electron chi connectivity index (χ4n) is 8.25. The summed E-state index contributed by atoms with van der Waals surface area (Å²) >= 11 is 0. The van der Waals surface area contributed by atoms with E-state index in [1.165, 1.54) is 141 Å². The van der Waals surface area contributed by atoms with E-state index < -0.39 is 6.10 Å². The molecule has 398 valence electrons. The van der Waals surface area contributed by atoms with E-state index in [1.54, 1.807) is 0 Å². The summed E-state index contributed by atoms with van der Waals surface area (Å²) in [5, 5.41) is 0. The van der Waals surface area contributed by atoms with Gasteiger partial charge in [-0.05, 0) is 109 Å². The molecule has 0 N–H and O–H groups in total. The van der Waals surface area contributed by atoms with E-state index in [-0.39, 0.29) is 31.1 Å². The Morgan fingerprint density at radius 1 is 0.304 bits per heavy atom. The SMILES string of the molecule is CC/C=C\C/C=C\C/C=C\C/C=C\CCCCCCCCCCC(=O)OCC(COC(=O)CCCCCCC/C=C\CCCCCCCC)OC(=O)CCCCCCC/C=C\CCCCCCCC. The van der Waals surface area contributed by atoms with Crippen LogP contribution in [0.3, 0.4) is 0 Å². The minimum Gasteiger partial charge on any atom is -0.462 e. The number of carbonyl (C=O) groups is 3. The van der Waals surface area contributed by atoms with Crippen LogP contribution in [0.5, 0.6) is 0 Å². The molecule has 1 unspecified atom stereocenters. The van der Waals surface area contributed by atoms with E-state index in [0.29, 0.717) is 19.3 Å². The molecule has 0 amide bonds. The van der Waals surface area contributed by atoms with E-state index >= 15 is 0 Å². The lowest BCUT2D eigenvalue weighted by Crippen LogP contribution is -2.30. The van der Waals surface area contributed by atoms with Crippen molar-refractivity contribution in [3.05, 3.63) is 72.9 Å². The first-order chi connectivity index (χ1) is 34.0. The second kappa shape index (κ2) is 57.4. The Morgan fingerprint density at radius 3 is 0.899 bits per heavy atom. The highest BCUT2D eigenvalue weighted by atomic mass is 16.6. The van der Waals surface area contributed by atoms with Gasteiger partial charge in [0.15, 0.2) is 6.10 Å². The maximum atomic E-state index is 12.9. The van der Waals surface area contributed by atoms with Crippen molar-refractivity contribution >= 4 is 17.9 Å². The summed E-state index contributed by atoms with van der Waals surface area (Å²) in [6.45, 7) is 6.52. The monoisotopic (exact) mass is 963 g/mol. The third-order valence-corrected chi connectivity index (χ3v) is 12.7. The minimum absolute atomic E-state index is 0.0846. The Morgan fingerprint density at radius 2 is 0.565 bits per heavy atom. The molecule has 0 aliphatic rings. The molecule has 0 aromatic carbocycles. The second-order valence-corrected chi connectivity index (χ2v) is 19.5. The lowest BCUT2D eigenvalue weighted by Gasteiger charge is -2.18. The van der Waals surface area contributed by atoms with Crippen molar-refractivity contribution in [2.45, 2.75) is 297 Å². The van der Waals surface area contributed by atoms with Crippen LogP contribution in [0.4, 0.5) is 0 Å². The molecule has 0 bridgehead atoms. The fourth-order valence-corrected chi connectivity index (χ4v) is 8.25. The predicted octanol–water partition coefficient (Wildman–Crippen LogP) is 19.8. The fraction of sp³-hybridized carbons (Fsp3) is 0.762. The Kier molecular flexibility index (Phi) is 54.8. The molecular weight excluding hydrogens is 853 g/mol. The highest BCUT2D eigenvalue weighted by Crippen LogP contribution is 2.15. The van der Waals surface area contributed by atoms with Crippen LogP contribution in [-0.4, -0.2) is 37.2 Å². The molecule has 1 atom stereocenters. The van der Waals surface area contributed by atoms with Gasteiger partial charge in [-0.1, -0.05) is 235 Å². The molecule has 0 aromatic rings. The molecule has 0 saturated heterocycles. The van der Waals surface area contributed by atoms with E-state index in [1.807, 2.05) is 0 Å². The third kappa shape index (κ3) is 55.6. The van der Waals surface area contributed by atoms with E-state index in [2.05, 4.69) is 93.7 Å². The van der Waals surface area contributed by atoms with Gasteiger partial charge in [0.1, 0.15) is 13.2 Å². The lowest BCUT2D eigenvalue weighted by atomic mass is 10.1. The van der Waals surface area contributed by atoms with Crippen LogP contribution in [0.1, 0.15) is 290 Å². The van der Waals surface area contributed by atoms with E-state index in [4.69, 9.17) is 14.2 Å². The zero-order valence-electron chi connectivity index (χ0n) is 45.6. The van der Waals surface area contributed by atoms with E-state index in [0.717, 1.165) is 109 Å². The molecular formula is C63H110O6. The molecule has 69 heavy (non-hydrogen) atoms. The summed E-state index contributed by atoms with van der Waals surface area (Å²) < 4.78 is 16.9. The summed E-state index contributed by atoms with van der Waals surface area (Å²) in [7, 11) is 0. The quantitative estimate of drug-likeness (QED) is 0.0262. The number of carbonyl (C=O) groups excluding carboxylic acids is 3. The number of allylic oxidation sites excluding steroid dienone is 12. The lowest BCUT2D eigenvalue weighted by molar-refractivity contribution is -0.167. The standard InChI is InChI=1S/C63H110O6/c1-4-7-10-13-16-19-22-25-28-29-30-31-32-33-36-38-41-44-47-50-53-56-62(65)68-59-60(69-63(66)57-54-51-48-45-42-39-35-27-24-21-18-15-12-9-6-3)58-67-61(64)55-52-49-46-43-40-37-34-26-23-20-17-14-11-8-5-2/h7,10,16,19,25-28,30-31,34-35,60H,4-6,8-9,11-15,17-18,20-24,29,32-33,36-59H2,1-3H3/b10-7-,19-16-,28-25-,31-30-,34-26-,35-27-. The molecule has 0 rings (SSSR count). The number of ether oxygens (including phenoxy) is 3. The summed E-state index contributed by atoms with van der Waals surface area (Å²) in [4.78, 5) is 38.2. The number of unbranched alkanes of at least 4 members (excludes halogenated alkanes) is 30. The topological polar surface area (TPSA) is 78.9 Å². The molecule has 6 nitrogen and oxygen atoms in total. The summed E-state index contributed by atoms with van der Waals surface area (Å²) in [6, 6.07) is 0. The molecule has 0 aliphatic carbocycles. The molecule has 0 aromatic heterocycles. The highest BCUT2D eigenvalue weighted by molar-refractivity contribution is 5.71. The predicted molar refractivity (Wildman–Crippen MR) is 298 cm³/mol. The van der Waals surface area contributed by atoms with Gasteiger partial charge in [-0.25, -0.2) is 0 Å². The third-order valence-electron chi connectivity index (χ3n) is 12.7. The van der Waals surface area contributed by atoms with Crippen LogP contribution in [0.25, 0.3) is 0 Å². The van der Waals surface area contributed by atoms with Crippen molar-refractivity contribution in [3.8, 4) is 0 Å². The van der Waals surface area contributed by atoms with Gasteiger partial charge in [0.25, 0.3) is 0 Å². The van der Waals surface area contributed by atoms with Crippen LogP contribution < -0.4 is 0 Å². The number of esters is 3. The van der Waals surface area contributed by atoms with Crippen molar-refractivity contribution in [1.82, 2.24) is 0 Å². The Labute approximate surface area is 427 Å². The van der Waals surface area contributed by atoms with Crippen molar-refractivity contribution in [2.24, 2.45) is 0 Å². The van der Waals surface area contributed by atoms with Gasteiger partial charge >= 0.3 is 17.9 Å². The van der Waals surface area contributed by atoms with Crippen LogP contribution >= 0.6 is 0 Å². The Hall–Kier alpha value is -3.15. The number of hydrogen-bond donors (Lipinski definition) is 0. The minimum atomic E-state index is -0.787. The summed E-state index contributed by atoms with van der Waals surface area (Å²) in [5.74, 6) is -0.899. The number of rotatable bonds is 53. The number of hydrogen-bond acceptors (Lipinski definition) is 6. The molecule has 0 spiro atoms. The van der Waals surface area contributed by atoms with Gasteiger partial charge in [-0.15, -0.1) is 0 Å². The van der Waals surface area contributed by atoms with Crippen molar-refractivity contribution in [1.29, 1.82) is 0 Å². The van der Waals surface area contributed by atoms with Gasteiger partial charge in [0.05, 0.1) is 0 Å². The molecule has 0 radical (unpaired) electrons. The first-order valence-corrected chi connectivity index (χ1v) is 29.4. The van der Waals surface area contributed by atoms with Crippen LogP contribution in [0, 0.1) is 0 Å². The molecule has 6 heteroatoms. The Balaban J connectivity index is 4.38. The first kappa shape index (κ1) is 65.8. The normalized spacial score (nSPS) is 12.6. The van der Waals surface area contributed by atoms with E-state index in [9.17, 15) is 14.4 Å².